The van der Waals surface area contributed by atoms with Crippen LogP contribution < -0.4 is 15.0 Å². The molecule has 1 N–H and O–H groups in total. The lowest BCUT2D eigenvalue weighted by Gasteiger charge is -2.18. The Bertz CT molecular complexity index is 695. The predicted octanol–water partition coefficient (Wildman–Crippen LogP) is 3.37. The van der Waals surface area contributed by atoms with Crippen molar-refractivity contribution in [2.45, 2.75) is 0 Å². The Morgan fingerprint density at radius 3 is 3.00 bits per heavy atom. The number of carbonyl (C=O) groups excluding carboxylic acids is 1. The maximum atomic E-state index is 11.8. The van der Waals surface area contributed by atoms with E-state index in [-0.39, 0.29) is 6.09 Å². The number of ether oxygens (including phenoxy) is 2. The maximum absolute atomic E-state index is 11.8. The van der Waals surface area contributed by atoms with Gasteiger partial charge in [-0.05, 0) is 36.4 Å². The fraction of sp³-hybridized carbons (Fsp3) is 0.235. The van der Waals surface area contributed by atoms with E-state index in [4.69, 9.17) is 13.9 Å². The van der Waals surface area contributed by atoms with Gasteiger partial charge in [0, 0.05) is 12.2 Å². The highest BCUT2D eigenvalue weighted by Crippen LogP contribution is 2.33. The zero-order chi connectivity index (χ0) is 16.1. The van der Waals surface area contributed by atoms with Crippen molar-refractivity contribution in [1.82, 2.24) is 0 Å². The summed E-state index contributed by atoms with van der Waals surface area (Å²) in [7, 11) is 1.58. The second kappa shape index (κ2) is 6.91. The second-order valence-electron chi connectivity index (χ2n) is 4.95. The molecule has 120 valence electrons. The Hall–Kier alpha value is -2.89. The summed E-state index contributed by atoms with van der Waals surface area (Å²) >= 11 is 0. The van der Waals surface area contributed by atoms with Crippen LogP contribution in [0.5, 0.6) is 5.75 Å². The Morgan fingerprint density at radius 1 is 1.39 bits per heavy atom. The summed E-state index contributed by atoms with van der Waals surface area (Å²) in [6, 6.07) is 9.36. The highest BCUT2D eigenvalue weighted by molar-refractivity contribution is 5.92. The number of benzene rings is 1. The SMILES string of the molecule is COc1ccc(NC/C=C/c2ccco2)cc1N1CCOC1=O. The molecule has 6 heteroatoms. The molecule has 2 aromatic rings. The van der Waals surface area contributed by atoms with Gasteiger partial charge in [0.1, 0.15) is 18.1 Å². The molecule has 0 bridgehead atoms. The first-order chi connectivity index (χ1) is 11.3. The Kier molecular flexibility index (Phi) is 4.52. The number of methoxy groups -OCH3 is 1. The number of furan rings is 1. The van der Waals surface area contributed by atoms with E-state index >= 15 is 0 Å². The largest absolute Gasteiger partial charge is 0.495 e. The van der Waals surface area contributed by atoms with E-state index in [1.54, 1.807) is 18.3 Å². The number of nitrogens with zero attached hydrogens (tertiary/aromatic N) is 1. The molecule has 0 radical (unpaired) electrons. The van der Waals surface area contributed by atoms with Crippen molar-refractivity contribution in [3.05, 3.63) is 48.4 Å². The van der Waals surface area contributed by atoms with Crippen LogP contribution in [0.4, 0.5) is 16.2 Å². The topological polar surface area (TPSA) is 63.9 Å². The third kappa shape index (κ3) is 3.48. The van der Waals surface area contributed by atoms with Gasteiger partial charge in [-0.25, -0.2) is 4.79 Å². The highest BCUT2D eigenvalue weighted by atomic mass is 16.6. The van der Waals surface area contributed by atoms with Crippen LogP contribution in [0.2, 0.25) is 0 Å². The Morgan fingerprint density at radius 2 is 2.30 bits per heavy atom. The van der Waals surface area contributed by atoms with E-state index in [0.29, 0.717) is 31.1 Å². The molecule has 1 amide bonds. The minimum Gasteiger partial charge on any atom is -0.495 e. The first kappa shape index (κ1) is 15.0. The fourth-order valence-corrected chi connectivity index (χ4v) is 2.36. The summed E-state index contributed by atoms with van der Waals surface area (Å²) in [5.41, 5.74) is 1.60. The second-order valence-corrected chi connectivity index (χ2v) is 4.95. The fourth-order valence-electron chi connectivity index (χ4n) is 2.36. The predicted molar refractivity (Wildman–Crippen MR) is 87.9 cm³/mol. The van der Waals surface area contributed by atoms with Gasteiger partial charge in [0.05, 0.1) is 25.6 Å². The molecule has 3 rings (SSSR count). The van der Waals surface area contributed by atoms with Gasteiger partial charge in [-0.15, -0.1) is 0 Å². The Balaban J connectivity index is 1.69. The van der Waals surface area contributed by atoms with Gasteiger partial charge in [0.25, 0.3) is 0 Å². The number of cyclic esters (lactones) is 1. The molecule has 1 aromatic carbocycles. The van der Waals surface area contributed by atoms with Crippen LogP contribution in [0.1, 0.15) is 5.76 Å². The summed E-state index contributed by atoms with van der Waals surface area (Å²) in [5.74, 6) is 1.45. The number of hydrogen-bond donors (Lipinski definition) is 1. The van der Waals surface area contributed by atoms with Crippen molar-refractivity contribution in [1.29, 1.82) is 0 Å². The van der Waals surface area contributed by atoms with Gasteiger partial charge >= 0.3 is 6.09 Å². The molecule has 1 aliphatic rings. The third-order valence-corrected chi connectivity index (χ3v) is 3.48. The van der Waals surface area contributed by atoms with E-state index in [1.807, 2.05) is 42.5 Å². The van der Waals surface area contributed by atoms with Crippen LogP contribution >= 0.6 is 0 Å². The van der Waals surface area contributed by atoms with Crippen molar-refractivity contribution in [3.63, 3.8) is 0 Å². The van der Waals surface area contributed by atoms with Crippen molar-refractivity contribution in [3.8, 4) is 5.75 Å². The van der Waals surface area contributed by atoms with Crippen LogP contribution in [0.15, 0.2) is 47.1 Å². The molecule has 0 saturated carbocycles. The van der Waals surface area contributed by atoms with Gasteiger partial charge in [-0.3, -0.25) is 4.90 Å². The molecule has 23 heavy (non-hydrogen) atoms. The lowest BCUT2D eigenvalue weighted by Crippen LogP contribution is -2.24. The number of hydrogen-bond acceptors (Lipinski definition) is 5. The normalized spacial score (nSPS) is 14.3. The van der Waals surface area contributed by atoms with Crippen molar-refractivity contribution >= 4 is 23.5 Å². The molecule has 1 fully saturated rings. The quantitative estimate of drug-likeness (QED) is 0.885. The number of nitrogens with one attached hydrogen (secondary N) is 1. The monoisotopic (exact) mass is 314 g/mol. The van der Waals surface area contributed by atoms with Crippen LogP contribution in [-0.4, -0.2) is 32.9 Å². The third-order valence-electron chi connectivity index (χ3n) is 3.48. The van der Waals surface area contributed by atoms with Gasteiger partial charge in [0.15, 0.2) is 0 Å². The smallest absolute Gasteiger partial charge is 0.414 e. The highest BCUT2D eigenvalue weighted by Gasteiger charge is 2.26. The summed E-state index contributed by atoms with van der Waals surface area (Å²) < 4.78 is 15.5. The molecular formula is C17H18N2O4. The van der Waals surface area contributed by atoms with E-state index < -0.39 is 0 Å². The van der Waals surface area contributed by atoms with Crippen LogP contribution in [0, 0.1) is 0 Å². The molecule has 0 spiro atoms. The molecular weight excluding hydrogens is 296 g/mol. The first-order valence-electron chi connectivity index (χ1n) is 7.34. The molecule has 6 nitrogen and oxygen atoms in total. The molecule has 1 aliphatic heterocycles. The standard InChI is InChI=1S/C17H18N2O4/c1-21-16-7-6-13(12-15(16)19-9-11-23-17(19)20)18-8-2-4-14-5-3-10-22-14/h2-7,10,12,18H,8-9,11H2,1H3/b4-2+. The average molecular weight is 314 g/mol. The van der Waals surface area contributed by atoms with Crippen molar-refractivity contribution in [2.24, 2.45) is 0 Å². The van der Waals surface area contributed by atoms with Crippen molar-refractivity contribution in [2.75, 3.05) is 37.0 Å². The van der Waals surface area contributed by atoms with Crippen LogP contribution in [-0.2, 0) is 4.74 Å². The first-order valence-corrected chi connectivity index (χ1v) is 7.34. The van der Waals surface area contributed by atoms with E-state index in [1.165, 1.54) is 0 Å². The zero-order valence-corrected chi connectivity index (χ0v) is 12.8. The number of rotatable bonds is 6. The molecule has 2 heterocycles. The molecule has 0 unspecified atom stereocenters. The van der Waals surface area contributed by atoms with E-state index in [9.17, 15) is 4.79 Å². The summed E-state index contributed by atoms with van der Waals surface area (Å²) in [6.45, 7) is 1.56. The maximum Gasteiger partial charge on any atom is 0.414 e. The molecule has 1 saturated heterocycles. The van der Waals surface area contributed by atoms with Crippen molar-refractivity contribution < 1.29 is 18.7 Å². The summed E-state index contributed by atoms with van der Waals surface area (Å²) in [5, 5.41) is 3.27. The summed E-state index contributed by atoms with van der Waals surface area (Å²) in [4.78, 5) is 13.3. The minimum absolute atomic E-state index is 0.349. The van der Waals surface area contributed by atoms with E-state index in [0.717, 1.165) is 11.4 Å². The minimum atomic E-state index is -0.349. The molecule has 0 atom stereocenters. The number of amides is 1. The number of anilines is 2. The molecule has 0 aliphatic carbocycles. The average Bonchev–Trinajstić information content (AvgIpc) is 3.23. The molecule has 1 aromatic heterocycles. The van der Waals surface area contributed by atoms with Crippen LogP contribution in [0.25, 0.3) is 6.08 Å². The van der Waals surface area contributed by atoms with E-state index in [2.05, 4.69) is 5.32 Å². The van der Waals surface area contributed by atoms with Gasteiger partial charge in [0.2, 0.25) is 0 Å². The van der Waals surface area contributed by atoms with Crippen LogP contribution in [0.3, 0.4) is 0 Å². The lowest BCUT2D eigenvalue weighted by atomic mass is 10.2. The Labute approximate surface area is 134 Å². The number of carbonyl (C=O) groups is 1. The van der Waals surface area contributed by atoms with Gasteiger partial charge in [-0.1, -0.05) is 6.08 Å². The summed E-state index contributed by atoms with van der Waals surface area (Å²) in [6.07, 6.45) is 5.15. The van der Waals surface area contributed by atoms with Gasteiger partial charge < -0.3 is 19.2 Å². The lowest BCUT2D eigenvalue weighted by molar-refractivity contribution is 0.181. The van der Waals surface area contributed by atoms with Gasteiger partial charge in [-0.2, -0.15) is 0 Å². The zero-order valence-electron chi connectivity index (χ0n) is 12.8.